The highest BCUT2D eigenvalue weighted by atomic mass is 79.9. The van der Waals surface area contributed by atoms with Crippen molar-refractivity contribution in [2.75, 3.05) is 13.2 Å². The van der Waals surface area contributed by atoms with Crippen molar-refractivity contribution in [1.29, 1.82) is 0 Å². The number of carbonyl (C=O) groups is 3. The summed E-state index contributed by atoms with van der Waals surface area (Å²) in [4.78, 5) is 38.3. The summed E-state index contributed by atoms with van der Waals surface area (Å²) >= 11 is 4.35. The maximum absolute atomic E-state index is 12.8. The molecular formula is C28H26BrNO6S. The molecule has 0 aromatic heterocycles. The summed E-state index contributed by atoms with van der Waals surface area (Å²) < 4.78 is 17.7. The van der Waals surface area contributed by atoms with Crippen LogP contribution in [0, 0.1) is 0 Å². The minimum absolute atomic E-state index is 0.209. The van der Waals surface area contributed by atoms with Crippen LogP contribution in [-0.2, 0) is 20.9 Å². The largest absolute Gasteiger partial charge is 0.490 e. The van der Waals surface area contributed by atoms with Crippen LogP contribution in [0.1, 0.15) is 31.9 Å². The quantitative estimate of drug-likeness (QED) is 0.208. The average molecular weight is 584 g/mol. The Balaban J connectivity index is 1.56. The van der Waals surface area contributed by atoms with Crippen LogP contribution < -0.4 is 9.47 Å². The molecule has 3 aromatic rings. The highest BCUT2D eigenvalue weighted by Gasteiger charge is 2.37. The highest BCUT2D eigenvalue weighted by molar-refractivity contribution is 9.10. The average Bonchev–Trinajstić information content (AvgIpc) is 3.10. The van der Waals surface area contributed by atoms with Gasteiger partial charge in [0.05, 0.1) is 22.1 Å². The van der Waals surface area contributed by atoms with Crippen LogP contribution in [0.3, 0.4) is 0 Å². The van der Waals surface area contributed by atoms with E-state index in [4.69, 9.17) is 14.2 Å². The number of rotatable bonds is 9. The molecule has 1 aliphatic heterocycles. The number of carbonyl (C=O) groups excluding carboxylic acids is 3. The lowest BCUT2D eigenvalue weighted by molar-refractivity contribution is -0.149. The van der Waals surface area contributed by atoms with Gasteiger partial charge in [0.1, 0.15) is 13.2 Å². The predicted molar refractivity (Wildman–Crippen MR) is 147 cm³/mol. The molecule has 0 unspecified atom stereocenters. The van der Waals surface area contributed by atoms with Crippen LogP contribution in [-0.4, -0.2) is 41.3 Å². The SMILES string of the molecule is CCOc1cc(/C=C2/SC(=O)N(CC(=O)OC(C)C)C2=O)cc(Br)c1OCc1cccc2ccccc12. The number of halogens is 1. The maximum Gasteiger partial charge on any atom is 0.326 e. The molecular weight excluding hydrogens is 558 g/mol. The van der Waals surface area contributed by atoms with Gasteiger partial charge >= 0.3 is 5.97 Å². The third kappa shape index (κ3) is 6.34. The number of esters is 1. The van der Waals surface area contributed by atoms with Crippen molar-refractivity contribution in [3.05, 3.63) is 75.1 Å². The number of thioether (sulfide) groups is 1. The van der Waals surface area contributed by atoms with Crippen molar-refractivity contribution in [2.24, 2.45) is 0 Å². The molecule has 1 aliphatic rings. The standard InChI is InChI=1S/C28H26BrNO6S/c1-4-34-23-13-18(14-24-27(32)30(28(33)37-24)15-25(31)36-17(2)3)12-22(29)26(23)35-16-20-10-7-9-19-8-5-6-11-21(19)20/h5-14,17H,4,15-16H2,1-3H3/b24-14+. The van der Waals surface area contributed by atoms with Crippen LogP contribution in [0.2, 0.25) is 0 Å². The van der Waals surface area contributed by atoms with E-state index in [2.05, 4.69) is 34.1 Å². The van der Waals surface area contributed by atoms with Crippen molar-refractivity contribution < 1.29 is 28.6 Å². The molecule has 0 radical (unpaired) electrons. The van der Waals surface area contributed by atoms with Crippen molar-refractivity contribution >= 4 is 61.7 Å². The van der Waals surface area contributed by atoms with Crippen LogP contribution in [0.5, 0.6) is 11.5 Å². The summed E-state index contributed by atoms with van der Waals surface area (Å²) in [5.41, 5.74) is 1.68. The molecule has 1 saturated heterocycles. The number of imide groups is 1. The fourth-order valence-corrected chi connectivity index (χ4v) is 5.27. The first-order valence-corrected chi connectivity index (χ1v) is 13.4. The van der Waals surface area contributed by atoms with Crippen LogP contribution in [0.15, 0.2) is 64.0 Å². The molecule has 0 N–H and O–H groups in total. The Morgan fingerprint density at radius 2 is 1.84 bits per heavy atom. The van der Waals surface area contributed by atoms with Crippen molar-refractivity contribution in [3.63, 3.8) is 0 Å². The summed E-state index contributed by atoms with van der Waals surface area (Å²) in [6.07, 6.45) is 1.26. The molecule has 0 saturated carbocycles. The van der Waals surface area contributed by atoms with Crippen LogP contribution in [0.4, 0.5) is 4.79 Å². The Kier molecular flexibility index (Phi) is 8.56. The molecule has 1 fully saturated rings. The Morgan fingerprint density at radius 1 is 1.08 bits per heavy atom. The first-order valence-electron chi connectivity index (χ1n) is 11.8. The number of fused-ring (bicyclic) bond motifs is 1. The second-order valence-corrected chi connectivity index (χ2v) is 10.3. The normalized spacial score (nSPS) is 14.6. The molecule has 2 amide bonds. The number of amides is 2. The van der Waals surface area contributed by atoms with Gasteiger partial charge in [0.2, 0.25) is 0 Å². The zero-order chi connectivity index (χ0) is 26.5. The van der Waals surface area contributed by atoms with Gasteiger partial charge in [0.15, 0.2) is 11.5 Å². The van der Waals surface area contributed by atoms with Crippen LogP contribution in [0.25, 0.3) is 16.8 Å². The lowest BCUT2D eigenvalue weighted by Gasteiger charge is -2.16. The van der Waals surface area contributed by atoms with Gasteiger partial charge in [0, 0.05) is 0 Å². The first-order chi connectivity index (χ1) is 17.8. The van der Waals surface area contributed by atoms with E-state index < -0.39 is 23.7 Å². The number of hydrogen-bond donors (Lipinski definition) is 0. The topological polar surface area (TPSA) is 82.1 Å². The van der Waals surface area contributed by atoms with Gasteiger partial charge in [0.25, 0.3) is 11.1 Å². The monoisotopic (exact) mass is 583 g/mol. The fourth-order valence-electron chi connectivity index (χ4n) is 3.86. The molecule has 3 aromatic carbocycles. The summed E-state index contributed by atoms with van der Waals surface area (Å²) in [7, 11) is 0. The molecule has 37 heavy (non-hydrogen) atoms. The van der Waals surface area contributed by atoms with E-state index in [0.29, 0.717) is 34.7 Å². The van der Waals surface area contributed by atoms with E-state index in [1.165, 1.54) is 0 Å². The van der Waals surface area contributed by atoms with E-state index in [1.54, 1.807) is 32.1 Å². The number of nitrogens with zero attached hydrogens (tertiary/aromatic N) is 1. The minimum Gasteiger partial charge on any atom is -0.490 e. The van der Waals surface area contributed by atoms with Gasteiger partial charge in [-0.25, -0.2) is 0 Å². The van der Waals surface area contributed by atoms with E-state index >= 15 is 0 Å². The molecule has 0 aliphatic carbocycles. The smallest absolute Gasteiger partial charge is 0.326 e. The summed E-state index contributed by atoms with van der Waals surface area (Å²) in [5.74, 6) is -0.131. The Morgan fingerprint density at radius 3 is 2.59 bits per heavy atom. The molecule has 0 atom stereocenters. The molecule has 7 nitrogen and oxygen atoms in total. The summed E-state index contributed by atoms with van der Waals surface area (Å²) in [6.45, 7) is 5.61. The predicted octanol–water partition coefficient (Wildman–Crippen LogP) is 6.57. The van der Waals surface area contributed by atoms with Gasteiger partial charge in [-0.2, -0.15) is 0 Å². The first kappa shape index (κ1) is 26.8. The number of benzene rings is 3. The number of ether oxygens (including phenoxy) is 3. The van der Waals surface area contributed by atoms with E-state index in [1.807, 2.05) is 31.2 Å². The van der Waals surface area contributed by atoms with E-state index in [9.17, 15) is 14.4 Å². The van der Waals surface area contributed by atoms with Gasteiger partial charge in [-0.15, -0.1) is 0 Å². The minimum atomic E-state index is -0.632. The van der Waals surface area contributed by atoms with Crippen molar-refractivity contribution in [1.82, 2.24) is 4.90 Å². The maximum atomic E-state index is 12.8. The molecule has 0 bridgehead atoms. The third-order valence-electron chi connectivity index (χ3n) is 5.41. The van der Waals surface area contributed by atoms with Crippen molar-refractivity contribution in [2.45, 2.75) is 33.5 Å². The Labute approximate surface area is 227 Å². The zero-order valence-corrected chi connectivity index (χ0v) is 23.1. The van der Waals surface area contributed by atoms with E-state index in [-0.39, 0.29) is 11.0 Å². The lowest BCUT2D eigenvalue weighted by atomic mass is 10.1. The highest BCUT2D eigenvalue weighted by Crippen LogP contribution is 2.40. The Hall–Kier alpha value is -3.30. The van der Waals surface area contributed by atoms with Gasteiger partial charge < -0.3 is 14.2 Å². The number of hydrogen-bond acceptors (Lipinski definition) is 7. The Bertz CT molecular complexity index is 1380. The molecule has 0 spiro atoms. The van der Waals surface area contributed by atoms with Crippen LogP contribution >= 0.6 is 27.7 Å². The van der Waals surface area contributed by atoms with Gasteiger partial charge in [-0.05, 0) is 88.6 Å². The zero-order valence-electron chi connectivity index (χ0n) is 20.7. The molecule has 1 heterocycles. The second-order valence-electron chi connectivity index (χ2n) is 8.50. The molecule has 9 heteroatoms. The van der Waals surface area contributed by atoms with E-state index in [0.717, 1.165) is 33.0 Å². The summed E-state index contributed by atoms with van der Waals surface area (Å²) in [5, 5.41) is 1.73. The molecule has 192 valence electrons. The third-order valence-corrected chi connectivity index (χ3v) is 6.91. The second kappa shape index (κ2) is 11.8. The molecule has 4 rings (SSSR count). The fraction of sp³-hybridized carbons (Fsp3) is 0.250. The van der Waals surface area contributed by atoms with Gasteiger partial charge in [-0.3, -0.25) is 19.3 Å². The van der Waals surface area contributed by atoms with Gasteiger partial charge in [-0.1, -0.05) is 42.5 Å². The summed E-state index contributed by atoms with van der Waals surface area (Å²) in [6, 6.07) is 17.8. The van der Waals surface area contributed by atoms with Crippen molar-refractivity contribution in [3.8, 4) is 11.5 Å². The lowest BCUT2D eigenvalue weighted by Crippen LogP contribution is -2.35.